The number of aliphatic hydroxyl groups excluding tert-OH is 1. The fraction of sp³-hybridized carbons (Fsp3) is 0.300. The summed E-state index contributed by atoms with van der Waals surface area (Å²) in [6, 6.07) is 15.8. The maximum Gasteiger partial charge on any atom is 0.123 e. The van der Waals surface area contributed by atoms with E-state index in [1.807, 2.05) is 50.4 Å². The third kappa shape index (κ3) is 5.45. The van der Waals surface area contributed by atoms with Gasteiger partial charge in [0.25, 0.3) is 0 Å². The van der Waals surface area contributed by atoms with Crippen molar-refractivity contribution in [3.8, 4) is 18.1 Å². The molecule has 0 aliphatic heterocycles. The van der Waals surface area contributed by atoms with Crippen LogP contribution in [0.1, 0.15) is 16.7 Å². The van der Waals surface area contributed by atoms with E-state index in [-0.39, 0.29) is 6.61 Å². The highest BCUT2D eigenvalue weighted by atomic mass is 16.5. The van der Waals surface area contributed by atoms with Gasteiger partial charge in [0, 0.05) is 18.7 Å². The van der Waals surface area contributed by atoms with Gasteiger partial charge < -0.3 is 9.84 Å². The van der Waals surface area contributed by atoms with Crippen LogP contribution in [0.3, 0.4) is 0 Å². The fourth-order valence-corrected chi connectivity index (χ4v) is 2.40. The number of aliphatic hydroxyl groups is 1. The van der Waals surface area contributed by atoms with Crippen LogP contribution < -0.4 is 4.74 Å². The van der Waals surface area contributed by atoms with Gasteiger partial charge in [-0.2, -0.15) is 0 Å². The van der Waals surface area contributed by atoms with Gasteiger partial charge in [-0.05, 0) is 37.2 Å². The topological polar surface area (TPSA) is 32.7 Å². The molecule has 0 amide bonds. The lowest BCUT2D eigenvalue weighted by Crippen LogP contribution is -2.32. The van der Waals surface area contributed by atoms with Crippen molar-refractivity contribution in [3.05, 3.63) is 65.2 Å². The highest BCUT2D eigenvalue weighted by molar-refractivity contribution is 5.43. The summed E-state index contributed by atoms with van der Waals surface area (Å²) in [5.41, 5.74) is 3.01. The van der Waals surface area contributed by atoms with Crippen LogP contribution in [0.5, 0.6) is 5.75 Å². The van der Waals surface area contributed by atoms with Crippen molar-refractivity contribution >= 4 is 0 Å². The monoisotopic (exact) mass is 309 g/mol. The van der Waals surface area contributed by atoms with E-state index >= 15 is 0 Å². The number of nitrogens with zero attached hydrogens (tertiary/aromatic N) is 1. The Kier molecular flexibility index (Phi) is 6.22. The smallest absolute Gasteiger partial charge is 0.123 e. The highest BCUT2D eigenvalue weighted by Gasteiger charge is 2.10. The number of hydrogen-bond donors (Lipinski definition) is 1. The Labute approximate surface area is 138 Å². The maximum atomic E-state index is 10.2. The first-order valence-corrected chi connectivity index (χ1v) is 7.69. The number of hydrogen-bond acceptors (Lipinski definition) is 3. The Morgan fingerprint density at radius 3 is 2.65 bits per heavy atom. The molecule has 0 fully saturated rings. The summed E-state index contributed by atoms with van der Waals surface area (Å²) < 4.78 is 5.72. The van der Waals surface area contributed by atoms with Gasteiger partial charge in [0.2, 0.25) is 0 Å². The molecule has 0 saturated heterocycles. The van der Waals surface area contributed by atoms with E-state index in [4.69, 9.17) is 11.2 Å². The minimum Gasteiger partial charge on any atom is -0.491 e. The minimum atomic E-state index is -0.558. The van der Waals surface area contributed by atoms with Crippen molar-refractivity contribution in [3.63, 3.8) is 0 Å². The van der Waals surface area contributed by atoms with E-state index < -0.39 is 6.10 Å². The molecule has 0 heterocycles. The standard InChI is InChI=1S/C20H23NO2/c1-4-17-11-10-16(2)20(12-17)23-15-19(22)14-21(3)13-18-8-6-5-7-9-18/h1,5-12,19,22H,13-15H2,2-3H3/t19-/m1/s1. The zero-order chi connectivity index (χ0) is 16.7. The maximum absolute atomic E-state index is 10.2. The second-order valence-corrected chi connectivity index (χ2v) is 5.77. The molecule has 0 spiro atoms. The number of rotatable bonds is 7. The second-order valence-electron chi connectivity index (χ2n) is 5.77. The van der Waals surface area contributed by atoms with Crippen LogP contribution in [-0.4, -0.2) is 36.3 Å². The van der Waals surface area contributed by atoms with Crippen LogP contribution in [0.2, 0.25) is 0 Å². The first-order chi connectivity index (χ1) is 11.1. The molecule has 2 aromatic rings. The number of benzene rings is 2. The lowest BCUT2D eigenvalue weighted by molar-refractivity contribution is 0.0741. The lowest BCUT2D eigenvalue weighted by Gasteiger charge is -2.21. The Hall–Kier alpha value is -2.28. The Balaban J connectivity index is 1.83. The summed E-state index contributed by atoms with van der Waals surface area (Å²) in [5.74, 6) is 3.32. The molecule has 1 atom stereocenters. The molecule has 2 rings (SSSR count). The number of likely N-dealkylation sites (N-methyl/N-ethyl adjacent to an activating group) is 1. The van der Waals surface area contributed by atoms with Crippen molar-refractivity contribution in [2.24, 2.45) is 0 Å². The van der Waals surface area contributed by atoms with Crippen LogP contribution in [0.15, 0.2) is 48.5 Å². The third-order valence-electron chi connectivity index (χ3n) is 3.60. The van der Waals surface area contributed by atoms with Gasteiger partial charge in [-0.1, -0.05) is 42.3 Å². The zero-order valence-electron chi connectivity index (χ0n) is 13.7. The molecular weight excluding hydrogens is 286 g/mol. The van der Waals surface area contributed by atoms with E-state index in [0.29, 0.717) is 6.54 Å². The van der Waals surface area contributed by atoms with Gasteiger partial charge in [0.1, 0.15) is 18.5 Å². The molecule has 1 N–H and O–H groups in total. The van der Waals surface area contributed by atoms with E-state index in [9.17, 15) is 5.11 Å². The van der Waals surface area contributed by atoms with Crippen molar-refractivity contribution < 1.29 is 9.84 Å². The SMILES string of the molecule is C#Cc1ccc(C)c(OC[C@H](O)CN(C)Cc2ccccc2)c1. The molecule has 0 unspecified atom stereocenters. The molecule has 0 aliphatic rings. The van der Waals surface area contributed by atoms with Crippen molar-refractivity contribution in [2.75, 3.05) is 20.2 Å². The van der Waals surface area contributed by atoms with E-state index in [1.165, 1.54) is 5.56 Å². The fourth-order valence-electron chi connectivity index (χ4n) is 2.40. The van der Waals surface area contributed by atoms with Crippen LogP contribution in [0.4, 0.5) is 0 Å². The van der Waals surface area contributed by atoms with Gasteiger partial charge in [0.05, 0.1) is 0 Å². The first kappa shape index (κ1) is 17.1. The Morgan fingerprint density at radius 1 is 1.22 bits per heavy atom. The summed E-state index contributed by atoms with van der Waals surface area (Å²) in [6.45, 7) is 3.55. The molecular formula is C20H23NO2. The number of aryl methyl sites for hydroxylation is 1. The quantitative estimate of drug-likeness (QED) is 0.798. The zero-order valence-corrected chi connectivity index (χ0v) is 13.7. The second kappa shape index (κ2) is 8.38. The van der Waals surface area contributed by atoms with Crippen LogP contribution in [0.25, 0.3) is 0 Å². The first-order valence-electron chi connectivity index (χ1n) is 7.69. The molecule has 3 heteroatoms. The van der Waals surface area contributed by atoms with Crippen molar-refractivity contribution in [1.29, 1.82) is 0 Å². The Bertz CT molecular complexity index is 661. The van der Waals surface area contributed by atoms with Crippen molar-refractivity contribution in [1.82, 2.24) is 4.90 Å². The summed E-state index contributed by atoms with van der Waals surface area (Å²) in [4.78, 5) is 2.08. The number of terminal acetylenes is 1. The molecule has 120 valence electrons. The van der Waals surface area contributed by atoms with Gasteiger partial charge in [-0.3, -0.25) is 4.90 Å². The minimum absolute atomic E-state index is 0.244. The molecule has 23 heavy (non-hydrogen) atoms. The van der Waals surface area contributed by atoms with E-state index in [2.05, 4.69) is 23.0 Å². The summed E-state index contributed by atoms with van der Waals surface area (Å²) in [6.07, 6.45) is 4.84. The van der Waals surface area contributed by atoms with E-state index in [0.717, 1.165) is 23.4 Å². The van der Waals surface area contributed by atoms with Gasteiger partial charge >= 0.3 is 0 Å². The molecule has 0 bridgehead atoms. The summed E-state index contributed by atoms with van der Waals surface area (Å²) >= 11 is 0. The lowest BCUT2D eigenvalue weighted by atomic mass is 10.1. The summed E-state index contributed by atoms with van der Waals surface area (Å²) in [5, 5.41) is 10.2. The third-order valence-corrected chi connectivity index (χ3v) is 3.60. The number of ether oxygens (including phenoxy) is 1. The van der Waals surface area contributed by atoms with Gasteiger partial charge in [-0.15, -0.1) is 6.42 Å². The predicted molar refractivity (Wildman–Crippen MR) is 93.4 cm³/mol. The van der Waals surface area contributed by atoms with Crippen molar-refractivity contribution in [2.45, 2.75) is 19.6 Å². The molecule has 0 radical (unpaired) electrons. The normalized spacial score (nSPS) is 12.0. The highest BCUT2D eigenvalue weighted by Crippen LogP contribution is 2.19. The Morgan fingerprint density at radius 2 is 1.96 bits per heavy atom. The summed E-state index contributed by atoms with van der Waals surface area (Å²) in [7, 11) is 1.99. The van der Waals surface area contributed by atoms with Crippen LogP contribution in [0, 0.1) is 19.3 Å². The van der Waals surface area contributed by atoms with E-state index in [1.54, 1.807) is 0 Å². The average Bonchev–Trinajstić information content (AvgIpc) is 2.55. The van der Waals surface area contributed by atoms with Gasteiger partial charge in [0.15, 0.2) is 0 Å². The van der Waals surface area contributed by atoms with Crippen LogP contribution >= 0.6 is 0 Å². The largest absolute Gasteiger partial charge is 0.491 e. The van der Waals surface area contributed by atoms with Gasteiger partial charge in [-0.25, -0.2) is 0 Å². The molecule has 2 aromatic carbocycles. The molecule has 0 aliphatic carbocycles. The average molecular weight is 309 g/mol. The molecule has 0 saturated carbocycles. The molecule has 0 aromatic heterocycles. The molecule has 3 nitrogen and oxygen atoms in total. The van der Waals surface area contributed by atoms with Crippen LogP contribution in [-0.2, 0) is 6.54 Å². The predicted octanol–water partition coefficient (Wildman–Crippen LogP) is 2.85.